The van der Waals surface area contributed by atoms with Crippen LogP contribution in [0.4, 0.5) is 17.6 Å². The lowest BCUT2D eigenvalue weighted by molar-refractivity contribution is -0.152. The van der Waals surface area contributed by atoms with Crippen LogP contribution in [0.2, 0.25) is 5.02 Å². The van der Waals surface area contributed by atoms with E-state index in [1.54, 1.807) is 49.6 Å². The third-order valence-electron chi connectivity index (χ3n) is 5.23. The molecule has 0 amide bonds. The van der Waals surface area contributed by atoms with E-state index in [1.165, 1.54) is 18.3 Å². The zero-order chi connectivity index (χ0) is 25.6. The summed E-state index contributed by atoms with van der Waals surface area (Å²) in [7, 11) is -1.95. The monoisotopic (exact) mass is 516 g/mol. The van der Waals surface area contributed by atoms with E-state index in [-0.39, 0.29) is 21.6 Å². The molecular weight excluding hydrogens is 488 g/mol. The first-order valence-corrected chi connectivity index (χ1v) is 12.3. The molecule has 0 aliphatic rings. The van der Waals surface area contributed by atoms with Gasteiger partial charge in [-0.25, -0.2) is 13.3 Å². The van der Waals surface area contributed by atoms with Gasteiger partial charge in [-0.15, -0.1) is 0 Å². The molecule has 186 valence electrons. The van der Waals surface area contributed by atoms with Crippen LogP contribution in [-0.2, 0) is 17.5 Å². The second-order valence-electron chi connectivity index (χ2n) is 10.6. The fourth-order valence-electron chi connectivity index (χ4n) is 3.71. The lowest BCUT2D eigenvalue weighted by Crippen LogP contribution is -2.41. The molecular formula is C25H29ClF4N2OS. The van der Waals surface area contributed by atoms with Gasteiger partial charge in [-0.3, -0.25) is 0 Å². The number of benzene rings is 2. The second-order valence-corrected chi connectivity index (χ2v) is 13.0. The van der Waals surface area contributed by atoms with Gasteiger partial charge in [0, 0.05) is 34.8 Å². The maximum atomic E-state index is 14.6. The minimum Gasteiger partial charge on any atom is -0.347 e. The Morgan fingerprint density at radius 1 is 1.06 bits per heavy atom. The zero-order valence-corrected chi connectivity index (χ0v) is 21.6. The van der Waals surface area contributed by atoms with E-state index < -0.39 is 33.8 Å². The summed E-state index contributed by atoms with van der Waals surface area (Å²) in [5.74, 6) is -0.517. The zero-order valence-electron chi connectivity index (χ0n) is 20.0. The summed E-state index contributed by atoms with van der Waals surface area (Å²) in [5, 5.41) is 0.560. The Morgan fingerprint density at radius 3 is 2.24 bits per heavy atom. The number of alkyl halides is 3. The van der Waals surface area contributed by atoms with E-state index in [9.17, 15) is 21.8 Å². The van der Waals surface area contributed by atoms with Crippen molar-refractivity contribution in [3.8, 4) is 11.1 Å². The number of nitrogens with one attached hydrogen (secondary N) is 1. The van der Waals surface area contributed by atoms with Crippen molar-refractivity contribution in [3.63, 3.8) is 0 Å². The predicted molar refractivity (Wildman–Crippen MR) is 132 cm³/mol. The highest BCUT2D eigenvalue weighted by atomic mass is 35.5. The molecule has 0 bridgehead atoms. The van der Waals surface area contributed by atoms with Gasteiger partial charge < -0.3 is 4.57 Å². The molecule has 1 unspecified atom stereocenters. The molecule has 0 aliphatic heterocycles. The number of fused-ring (bicyclic) bond motifs is 1. The Hall–Kier alpha value is -1.90. The third-order valence-corrected chi connectivity index (χ3v) is 7.11. The number of nitrogens with zero attached hydrogens (tertiary/aromatic N) is 1. The number of hydrogen-bond donors (Lipinski definition) is 1. The lowest BCUT2D eigenvalue weighted by Gasteiger charge is -2.26. The highest BCUT2D eigenvalue weighted by Crippen LogP contribution is 2.41. The molecule has 1 N–H and O–H groups in total. The molecule has 1 aromatic heterocycles. The van der Waals surface area contributed by atoms with Crippen LogP contribution < -0.4 is 4.72 Å². The summed E-state index contributed by atoms with van der Waals surface area (Å²) in [6.45, 7) is 11.2. The molecule has 0 saturated carbocycles. The first-order chi connectivity index (χ1) is 15.5. The SMILES string of the molecule is CC(C)(C)Cn1cc([C@H](NS(=O)C(C)(C)C)C(F)(F)F)c2ccc(-c3c(F)cccc3Cl)cc21. The highest BCUT2D eigenvalue weighted by Gasteiger charge is 2.44. The topological polar surface area (TPSA) is 34.0 Å². The van der Waals surface area contributed by atoms with Crippen LogP contribution in [-0.4, -0.2) is 19.7 Å². The molecule has 2 atom stereocenters. The first-order valence-electron chi connectivity index (χ1n) is 10.8. The van der Waals surface area contributed by atoms with Crippen LogP contribution in [0.15, 0.2) is 42.6 Å². The lowest BCUT2D eigenvalue weighted by atomic mass is 9.96. The molecule has 0 radical (unpaired) electrons. The van der Waals surface area contributed by atoms with Crippen LogP contribution in [0, 0.1) is 11.2 Å². The van der Waals surface area contributed by atoms with Gasteiger partial charge in [0.15, 0.2) is 0 Å². The number of halogens is 5. The van der Waals surface area contributed by atoms with Gasteiger partial charge in [-0.1, -0.05) is 50.6 Å². The van der Waals surface area contributed by atoms with Crippen molar-refractivity contribution in [2.75, 3.05) is 0 Å². The summed E-state index contributed by atoms with van der Waals surface area (Å²) >= 11 is 6.24. The molecule has 3 nitrogen and oxygen atoms in total. The van der Waals surface area contributed by atoms with Crippen LogP contribution in [0.3, 0.4) is 0 Å². The maximum Gasteiger partial charge on any atom is 0.408 e. The van der Waals surface area contributed by atoms with E-state index in [4.69, 9.17) is 11.6 Å². The van der Waals surface area contributed by atoms with Crippen molar-refractivity contribution in [1.29, 1.82) is 0 Å². The molecule has 0 fully saturated rings. The van der Waals surface area contributed by atoms with E-state index in [1.807, 2.05) is 20.8 Å². The van der Waals surface area contributed by atoms with E-state index in [2.05, 4.69) is 4.72 Å². The van der Waals surface area contributed by atoms with Crippen molar-refractivity contribution < 1.29 is 21.8 Å². The highest BCUT2D eigenvalue weighted by molar-refractivity contribution is 7.84. The van der Waals surface area contributed by atoms with Gasteiger partial charge in [-0.2, -0.15) is 13.2 Å². The molecule has 34 heavy (non-hydrogen) atoms. The quantitative estimate of drug-likeness (QED) is 0.345. The summed E-state index contributed by atoms with van der Waals surface area (Å²) in [6.07, 6.45) is -3.23. The Kier molecular flexibility index (Phi) is 7.29. The number of hydrogen-bond acceptors (Lipinski definition) is 1. The molecule has 0 saturated heterocycles. The molecule has 3 rings (SSSR count). The van der Waals surface area contributed by atoms with Crippen molar-refractivity contribution in [2.45, 2.75) is 65.1 Å². The van der Waals surface area contributed by atoms with Crippen LogP contribution in [0.1, 0.15) is 53.1 Å². The minimum atomic E-state index is -4.69. The molecule has 3 aromatic rings. The standard InChI is InChI=1S/C25H29ClF4N2OS/c1-23(2,3)14-32-13-17(22(25(28,29)30)31-34(33)24(4,5)6)16-11-10-15(12-20(16)32)21-18(26)8-7-9-19(21)27/h7-13,22,31H,14H2,1-6H3/t22-,34?/m0/s1. The van der Waals surface area contributed by atoms with Gasteiger partial charge in [0.25, 0.3) is 0 Å². The summed E-state index contributed by atoms with van der Waals surface area (Å²) in [5.41, 5.74) is 0.889. The molecule has 0 spiro atoms. The maximum absolute atomic E-state index is 14.6. The first kappa shape index (κ1) is 26.7. The molecule has 9 heteroatoms. The summed E-state index contributed by atoms with van der Waals surface area (Å²) in [6, 6.07) is 6.97. The van der Waals surface area contributed by atoms with E-state index >= 15 is 0 Å². The minimum absolute atomic E-state index is 0.0319. The van der Waals surface area contributed by atoms with Crippen molar-refractivity contribution in [1.82, 2.24) is 9.29 Å². The Balaban J connectivity index is 2.25. The van der Waals surface area contributed by atoms with Gasteiger partial charge in [0.2, 0.25) is 0 Å². The van der Waals surface area contributed by atoms with E-state index in [0.717, 1.165) is 0 Å². The van der Waals surface area contributed by atoms with Gasteiger partial charge >= 0.3 is 6.18 Å². The van der Waals surface area contributed by atoms with E-state index in [0.29, 0.717) is 23.0 Å². The van der Waals surface area contributed by atoms with Gasteiger partial charge in [-0.05, 0) is 49.9 Å². The smallest absolute Gasteiger partial charge is 0.347 e. The fourth-order valence-corrected chi connectivity index (χ4v) is 4.81. The normalized spacial score (nSPS) is 15.0. The van der Waals surface area contributed by atoms with Gasteiger partial charge in [0.05, 0.1) is 20.8 Å². The molecule has 2 aromatic carbocycles. The Morgan fingerprint density at radius 2 is 1.71 bits per heavy atom. The number of rotatable bonds is 5. The summed E-state index contributed by atoms with van der Waals surface area (Å²) < 4.78 is 73.0. The van der Waals surface area contributed by atoms with Crippen LogP contribution in [0.25, 0.3) is 22.0 Å². The third kappa shape index (κ3) is 5.83. The fraction of sp³-hybridized carbons (Fsp3) is 0.440. The average Bonchev–Trinajstić information content (AvgIpc) is 3.00. The Labute approximate surface area is 205 Å². The summed E-state index contributed by atoms with van der Waals surface area (Å²) in [4.78, 5) is 0. The molecule has 1 heterocycles. The number of aromatic nitrogens is 1. The van der Waals surface area contributed by atoms with Crippen molar-refractivity contribution in [3.05, 3.63) is 59.0 Å². The average molecular weight is 517 g/mol. The van der Waals surface area contributed by atoms with Crippen molar-refractivity contribution in [2.24, 2.45) is 5.41 Å². The van der Waals surface area contributed by atoms with Crippen LogP contribution in [0.5, 0.6) is 0 Å². The van der Waals surface area contributed by atoms with Crippen molar-refractivity contribution >= 4 is 33.5 Å². The predicted octanol–water partition coefficient (Wildman–Crippen LogP) is 7.80. The Bertz CT molecular complexity index is 1200. The molecule has 0 aliphatic carbocycles. The van der Waals surface area contributed by atoms with Crippen LogP contribution >= 0.6 is 11.6 Å². The van der Waals surface area contributed by atoms with Gasteiger partial charge in [0.1, 0.15) is 11.9 Å². The largest absolute Gasteiger partial charge is 0.408 e. The second kappa shape index (κ2) is 9.28.